The van der Waals surface area contributed by atoms with Gasteiger partial charge in [0.1, 0.15) is 11.1 Å². The van der Waals surface area contributed by atoms with Crippen LogP contribution in [0.5, 0.6) is 0 Å². The van der Waals surface area contributed by atoms with Crippen molar-refractivity contribution >= 4 is 5.97 Å². The minimum Gasteiger partial charge on any atom is -0.468 e. The van der Waals surface area contributed by atoms with Crippen molar-refractivity contribution in [1.29, 1.82) is 0 Å². The number of halogens is 1. The number of esters is 1. The molecule has 0 unspecified atom stereocenters. The van der Waals surface area contributed by atoms with Crippen molar-refractivity contribution in [2.75, 3.05) is 33.4 Å². The van der Waals surface area contributed by atoms with E-state index in [-0.39, 0.29) is 19.6 Å². The highest BCUT2D eigenvalue weighted by Crippen LogP contribution is 2.45. The number of nitrogens with one attached hydrogen (secondary N) is 1. The van der Waals surface area contributed by atoms with Crippen molar-refractivity contribution < 1.29 is 18.7 Å². The van der Waals surface area contributed by atoms with Crippen LogP contribution in [0.4, 0.5) is 4.39 Å². The molecule has 0 saturated carbocycles. The fourth-order valence-corrected chi connectivity index (χ4v) is 2.30. The summed E-state index contributed by atoms with van der Waals surface area (Å²) < 4.78 is 24.3. The van der Waals surface area contributed by atoms with E-state index in [0.29, 0.717) is 13.2 Å². The lowest BCUT2D eigenvalue weighted by atomic mass is 9.73. The highest BCUT2D eigenvalue weighted by molar-refractivity contribution is 5.80. The number of carbonyl (C=O) groups is 1. The van der Waals surface area contributed by atoms with E-state index < -0.39 is 17.1 Å². The van der Waals surface area contributed by atoms with E-state index in [1.807, 2.05) is 0 Å². The minimum absolute atomic E-state index is 0.114. The van der Waals surface area contributed by atoms with E-state index in [1.54, 1.807) is 0 Å². The number of ether oxygens (including phenoxy) is 2. The Morgan fingerprint density at radius 2 is 2.36 bits per heavy atom. The van der Waals surface area contributed by atoms with Gasteiger partial charge in [-0.2, -0.15) is 0 Å². The molecule has 0 aromatic rings. The summed E-state index contributed by atoms with van der Waals surface area (Å²) in [6.07, 6.45) is 0.259. The molecule has 0 bridgehead atoms. The normalized spacial score (nSPS) is 41.9. The summed E-state index contributed by atoms with van der Waals surface area (Å²) in [6.45, 7) is 1.00. The standard InChI is InChI=1S/C9H14FNO3/c1-13-7(12)8-4-11-5-9(8,10)2-3-14-6-8/h11H,2-6H2,1H3/t8-,9+/m1/s1. The predicted molar refractivity (Wildman–Crippen MR) is 46.6 cm³/mol. The number of carbonyl (C=O) groups excluding carboxylic acids is 1. The zero-order valence-electron chi connectivity index (χ0n) is 8.14. The van der Waals surface area contributed by atoms with Crippen LogP contribution in [0, 0.1) is 5.41 Å². The second-order valence-electron chi connectivity index (χ2n) is 3.95. The van der Waals surface area contributed by atoms with Crippen LogP contribution in [0.15, 0.2) is 0 Å². The van der Waals surface area contributed by atoms with Gasteiger partial charge in [0.2, 0.25) is 0 Å². The number of hydrogen-bond donors (Lipinski definition) is 1. The SMILES string of the molecule is COC(=O)[C@]12CNC[C@@]1(F)CCOC2. The second-order valence-corrected chi connectivity index (χ2v) is 3.95. The van der Waals surface area contributed by atoms with Gasteiger partial charge in [-0.15, -0.1) is 0 Å². The smallest absolute Gasteiger partial charge is 0.318 e. The molecule has 2 aliphatic rings. The second kappa shape index (κ2) is 3.17. The van der Waals surface area contributed by atoms with E-state index in [2.05, 4.69) is 10.1 Å². The molecule has 1 N–H and O–H groups in total. The molecule has 0 amide bonds. The Balaban J connectivity index is 2.32. The maximum absolute atomic E-state index is 14.4. The Morgan fingerprint density at radius 1 is 1.57 bits per heavy atom. The monoisotopic (exact) mass is 203 g/mol. The third kappa shape index (κ3) is 1.09. The number of rotatable bonds is 1. The highest BCUT2D eigenvalue weighted by Gasteiger charge is 2.63. The van der Waals surface area contributed by atoms with Gasteiger partial charge in [0.15, 0.2) is 0 Å². The molecular weight excluding hydrogens is 189 g/mol. The maximum Gasteiger partial charge on any atom is 0.318 e. The van der Waals surface area contributed by atoms with Crippen molar-refractivity contribution in [2.24, 2.45) is 5.41 Å². The van der Waals surface area contributed by atoms with E-state index in [4.69, 9.17) is 4.74 Å². The number of hydrogen-bond acceptors (Lipinski definition) is 4. The van der Waals surface area contributed by atoms with Crippen molar-refractivity contribution in [2.45, 2.75) is 12.1 Å². The minimum atomic E-state index is -1.50. The summed E-state index contributed by atoms with van der Waals surface area (Å²) in [6, 6.07) is 0. The molecule has 0 aromatic carbocycles. The zero-order valence-corrected chi connectivity index (χ0v) is 8.14. The molecule has 4 nitrogen and oxygen atoms in total. The average Bonchev–Trinajstić information content (AvgIpc) is 2.55. The van der Waals surface area contributed by atoms with Gasteiger partial charge in [0, 0.05) is 26.1 Å². The van der Waals surface area contributed by atoms with Crippen molar-refractivity contribution in [3.63, 3.8) is 0 Å². The lowest BCUT2D eigenvalue weighted by molar-refractivity contribution is -0.175. The summed E-state index contributed by atoms with van der Waals surface area (Å²) in [5, 5.41) is 2.90. The quantitative estimate of drug-likeness (QED) is 0.603. The molecule has 2 fully saturated rings. The predicted octanol–water partition coefficient (Wildman–Crippen LogP) is -0.122. The van der Waals surface area contributed by atoms with Gasteiger partial charge in [0.05, 0.1) is 13.7 Å². The Kier molecular flexibility index (Phi) is 2.23. The Labute approximate surface area is 81.8 Å². The van der Waals surface area contributed by atoms with E-state index in [1.165, 1.54) is 7.11 Å². The van der Waals surface area contributed by atoms with E-state index in [9.17, 15) is 9.18 Å². The lowest BCUT2D eigenvalue weighted by Gasteiger charge is -2.40. The first kappa shape index (κ1) is 9.86. The van der Waals surface area contributed by atoms with Gasteiger partial charge < -0.3 is 14.8 Å². The largest absolute Gasteiger partial charge is 0.468 e. The Morgan fingerprint density at radius 3 is 3.07 bits per heavy atom. The zero-order chi connectivity index (χ0) is 10.2. The Hall–Kier alpha value is -0.680. The third-order valence-electron chi connectivity index (χ3n) is 3.26. The molecule has 5 heteroatoms. The summed E-state index contributed by atoms with van der Waals surface area (Å²) >= 11 is 0. The first-order valence-electron chi connectivity index (χ1n) is 4.70. The molecule has 2 saturated heterocycles. The first-order chi connectivity index (χ1) is 6.65. The fourth-order valence-electron chi connectivity index (χ4n) is 2.30. The van der Waals surface area contributed by atoms with Crippen LogP contribution in [0.25, 0.3) is 0 Å². The van der Waals surface area contributed by atoms with Crippen LogP contribution < -0.4 is 5.32 Å². The summed E-state index contributed by atoms with van der Waals surface area (Å²) in [7, 11) is 1.28. The summed E-state index contributed by atoms with van der Waals surface area (Å²) in [5.41, 5.74) is -2.63. The molecule has 2 atom stereocenters. The third-order valence-corrected chi connectivity index (χ3v) is 3.26. The van der Waals surface area contributed by atoms with Crippen LogP contribution in [0.2, 0.25) is 0 Å². The average molecular weight is 203 g/mol. The van der Waals surface area contributed by atoms with Crippen molar-refractivity contribution in [3.05, 3.63) is 0 Å². The summed E-state index contributed by atoms with van der Waals surface area (Å²) in [5.74, 6) is -0.510. The molecule has 0 radical (unpaired) electrons. The maximum atomic E-state index is 14.4. The molecule has 0 aliphatic carbocycles. The van der Waals surface area contributed by atoms with Crippen LogP contribution >= 0.6 is 0 Å². The Bertz CT molecular complexity index is 260. The molecule has 0 spiro atoms. The van der Waals surface area contributed by atoms with Crippen molar-refractivity contribution in [3.8, 4) is 0 Å². The van der Waals surface area contributed by atoms with Gasteiger partial charge in [-0.1, -0.05) is 0 Å². The molecule has 14 heavy (non-hydrogen) atoms. The van der Waals surface area contributed by atoms with Gasteiger partial charge in [-0.25, -0.2) is 4.39 Å². The summed E-state index contributed by atoms with van der Waals surface area (Å²) in [4.78, 5) is 11.6. The van der Waals surface area contributed by atoms with Gasteiger partial charge in [0.25, 0.3) is 0 Å². The van der Waals surface area contributed by atoms with Crippen LogP contribution in [-0.4, -0.2) is 45.1 Å². The molecule has 2 heterocycles. The van der Waals surface area contributed by atoms with Crippen LogP contribution in [0.3, 0.4) is 0 Å². The first-order valence-corrected chi connectivity index (χ1v) is 4.70. The van der Waals surface area contributed by atoms with Crippen LogP contribution in [-0.2, 0) is 14.3 Å². The van der Waals surface area contributed by atoms with E-state index >= 15 is 0 Å². The molecular formula is C9H14FNO3. The molecule has 2 aliphatic heterocycles. The number of alkyl halides is 1. The molecule has 0 aromatic heterocycles. The van der Waals surface area contributed by atoms with Gasteiger partial charge in [-0.05, 0) is 0 Å². The molecule has 2 rings (SSSR count). The number of methoxy groups -OCH3 is 1. The van der Waals surface area contributed by atoms with Gasteiger partial charge in [-0.3, -0.25) is 4.79 Å². The lowest BCUT2D eigenvalue weighted by Crippen LogP contribution is -2.56. The van der Waals surface area contributed by atoms with Gasteiger partial charge >= 0.3 is 5.97 Å². The van der Waals surface area contributed by atoms with Crippen molar-refractivity contribution in [1.82, 2.24) is 5.32 Å². The fraction of sp³-hybridized carbons (Fsp3) is 0.889. The number of fused-ring (bicyclic) bond motifs is 1. The van der Waals surface area contributed by atoms with Crippen LogP contribution in [0.1, 0.15) is 6.42 Å². The molecule has 80 valence electrons. The van der Waals surface area contributed by atoms with E-state index in [0.717, 1.165) is 0 Å². The highest BCUT2D eigenvalue weighted by atomic mass is 19.1. The topological polar surface area (TPSA) is 47.6 Å².